The summed E-state index contributed by atoms with van der Waals surface area (Å²) >= 11 is 0. The lowest BCUT2D eigenvalue weighted by atomic mass is 10.0. The van der Waals surface area contributed by atoms with Gasteiger partial charge in [0.05, 0.1) is 17.7 Å². The van der Waals surface area contributed by atoms with Gasteiger partial charge in [-0.25, -0.2) is 0 Å². The highest BCUT2D eigenvalue weighted by Crippen LogP contribution is 2.12. The normalized spacial score (nSPS) is 10.6. The number of aromatic nitrogens is 1. The Morgan fingerprint density at radius 3 is 2.44 bits per heavy atom. The summed E-state index contributed by atoms with van der Waals surface area (Å²) in [6, 6.07) is 9.59. The van der Waals surface area contributed by atoms with Gasteiger partial charge in [-0.15, -0.1) is 0 Å². The van der Waals surface area contributed by atoms with Crippen LogP contribution in [0, 0.1) is 10.1 Å². The average molecular weight is 342 g/mol. The number of hydrogen-bond acceptors (Lipinski definition) is 4. The van der Waals surface area contributed by atoms with E-state index >= 15 is 0 Å². The zero-order chi connectivity index (χ0) is 18.2. The minimum Gasteiger partial charge on any atom is -0.301 e. The molecule has 132 valence electrons. The van der Waals surface area contributed by atoms with Crippen molar-refractivity contribution >= 4 is 11.5 Å². The number of rotatable bonds is 9. The van der Waals surface area contributed by atoms with Gasteiger partial charge in [0.25, 0.3) is 11.2 Å². The minimum absolute atomic E-state index is 0.212. The molecule has 2 aromatic rings. The molecule has 0 saturated heterocycles. The third-order valence-corrected chi connectivity index (χ3v) is 4.09. The number of hydrogen-bond donors (Lipinski definition) is 0. The molecule has 0 atom stereocenters. The molecule has 1 heterocycles. The predicted octanol–water partition coefficient (Wildman–Crippen LogP) is 3.76. The number of carbonyl (C=O) groups is 1. The van der Waals surface area contributed by atoms with E-state index in [9.17, 15) is 19.7 Å². The van der Waals surface area contributed by atoms with Gasteiger partial charge in [0.2, 0.25) is 0 Å². The Labute approximate surface area is 146 Å². The molecule has 0 aliphatic rings. The van der Waals surface area contributed by atoms with E-state index in [4.69, 9.17) is 0 Å². The Kier molecular flexibility index (Phi) is 6.62. The van der Waals surface area contributed by atoms with Crippen molar-refractivity contribution in [2.45, 2.75) is 45.6 Å². The van der Waals surface area contributed by atoms with E-state index in [0.29, 0.717) is 5.56 Å². The van der Waals surface area contributed by atoms with Gasteiger partial charge in [0.1, 0.15) is 0 Å². The molecule has 0 spiro atoms. The largest absolute Gasteiger partial charge is 0.301 e. The van der Waals surface area contributed by atoms with Crippen molar-refractivity contribution in [3.63, 3.8) is 0 Å². The third kappa shape index (κ3) is 5.38. The molecule has 1 aromatic carbocycles. The number of aryl methyl sites for hydroxylation is 1. The van der Waals surface area contributed by atoms with Crippen LogP contribution in [0.25, 0.3) is 0 Å². The minimum atomic E-state index is -0.590. The molecule has 6 heteroatoms. The molecular weight excluding hydrogens is 320 g/mol. The Hall–Kier alpha value is -2.76. The maximum atomic E-state index is 12.3. The van der Waals surface area contributed by atoms with E-state index in [2.05, 4.69) is 6.92 Å². The van der Waals surface area contributed by atoms with Gasteiger partial charge in [0, 0.05) is 17.7 Å². The number of pyridine rings is 1. The van der Waals surface area contributed by atoms with E-state index < -0.39 is 10.5 Å². The van der Waals surface area contributed by atoms with E-state index in [1.807, 2.05) is 12.1 Å². The highest BCUT2D eigenvalue weighted by Gasteiger charge is 2.12. The van der Waals surface area contributed by atoms with Crippen LogP contribution in [-0.4, -0.2) is 15.3 Å². The van der Waals surface area contributed by atoms with Crippen molar-refractivity contribution in [2.75, 3.05) is 0 Å². The molecule has 2 rings (SSSR count). The molecule has 0 N–H and O–H groups in total. The molecule has 0 bridgehead atoms. The van der Waals surface area contributed by atoms with E-state index in [-0.39, 0.29) is 18.0 Å². The molecule has 0 aliphatic heterocycles. The molecule has 0 radical (unpaired) electrons. The highest BCUT2D eigenvalue weighted by molar-refractivity contribution is 5.95. The Morgan fingerprint density at radius 1 is 1.08 bits per heavy atom. The number of nitro groups is 1. The standard InChI is InChI=1S/C19H22N2O4/c1-2-3-4-5-6-15-7-9-16(10-8-15)18(22)14-20-13-17(21(24)25)11-12-19(20)23/h7-13H,2-6,14H2,1H3. The second-order valence-corrected chi connectivity index (χ2v) is 6.04. The van der Waals surface area contributed by atoms with Crippen molar-refractivity contribution in [3.8, 4) is 0 Å². The predicted molar refractivity (Wildman–Crippen MR) is 96.0 cm³/mol. The van der Waals surface area contributed by atoms with Gasteiger partial charge >= 0.3 is 0 Å². The first-order valence-corrected chi connectivity index (χ1v) is 8.48. The Morgan fingerprint density at radius 2 is 1.80 bits per heavy atom. The van der Waals surface area contributed by atoms with Crippen LogP contribution in [-0.2, 0) is 13.0 Å². The van der Waals surface area contributed by atoms with E-state index in [0.717, 1.165) is 35.7 Å². The van der Waals surface area contributed by atoms with Crippen LogP contribution in [0.5, 0.6) is 0 Å². The van der Waals surface area contributed by atoms with Gasteiger partial charge in [-0.2, -0.15) is 0 Å². The Balaban J connectivity index is 2.02. The third-order valence-electron chi connectivity index (χ3n) is 4.09. The van der Waals surface area contributed by atoms with Crippen molar-refractivity contribution in [3.05, 3.63) is 74.2 Å². The van der Waals surface area contributed by atoms with Crippen LogP contribution < -0.4 is 5.56 Å². The molecule has 0 amide bonds. The average Bonchev–Trinajstić information content (AvgIpc) is 2.61. The fourth-order valence-corrected chi connectivity index (χ4v) is 2.61. The Bertz CT molecular complexity index is 794. The van der Waals surface area contributed by atoms with Crippen LogP contribution in [0.1, 0.15) is 48.5 Å². The van der Waals surface area contributed by atoms with Crippen LogP contribution >= 0.6 is 0 Å². The molecule has 0 saturated carbocycles. The second kappa shape index (κ2) is 8.92. The van der Waals surface area contributed by atoms with E-state index in [1.54, 1.807) is 12.1 Å². The number of benzene rings is 1. The maximum Gasteiger partial charge on any atom is 0.285 e. The molecule has 0 aliphatic carbocycles. The van der Waals surface area contributed by atoms with Crippen LogP contribution in [0.2, 0.25) is 0 Å². The summed E-state index contributed by atoms with van der Waals surface area (Å²) in [5.41, 5.74) is 1.03. The number of carbonyl (C=O) groups excluding carboxylic acids is 1. The quantitative estimate of drug-likeness (QED) is 0.301. The lowest BCUT2D eigenvalue weighted by Crippen LogP contribution is -2.23. The molecule has 6 nitrogen and oxygen atoms in total. The number of nitrogens with zero attached hydrogens (tertiary/aromatic N) is 2. The molecular formula is C19H22N2O4. The lowest BCUT2D eigenvalue weighted by molar-refractivity contribution is -0.385. The van der Waals surface area contributed by atoms with Crippen molar-refractivity contribution in [1.82, 2.24) is 4.57 Å². The maximum absolute atomic E-state index is 12.3. The van der Waals surface area contributed by atoms with Crippen LogP contribution in [0.15, 0.2) is 47.4 Å². The van der Waals surface area contributed by atoms with E-state index in [1.165, 1.54) is 24.8 Å². The lowest BCUT2D eigenvalue weighted by Gasteiger charge is -2.06. The first kappa shape index (κ1) is 18.6. The van der Waals surface area contributed by atoms with Crippen LogP contribution in [0.3, 0.4) is 0 Å². The second-order valence-electron chi connectivity index (χ2n) is 6.04. The smallest absolute Gasteiger partial charge is 0.285 e. The molecule has 0 fully saturated rings. The zero-order valence-electron chi connectivity index (χ0n) is 14.3. The summed E-state index contributed by atoms with van der Waals surface area (Å²) in [5, 5.41) is 10.8. The first-order valence-electron chi connectivity index (χ1n) is 8.48. The monoisotopic (exact) mass is 342 g/mol. The fourth-order valence-electron chi connectivity index (χ4n) is 2.61. The number of ketones is 1. The summed E-state index contributed by atoms with van der Waals surface area (Å²) in [6.07, 6.45) is 6.84. The summed E-state index contributed by atoms with van der Waals surface area (Å²) < 4.78 is 1.07. The van der Waals surface area contributed by atoms with Gasteiger partial charge in [-0.1, -0.05) is 50.5 Å². The van der Waals surface area contributed by atoms with Gasteiger partial charge in [-0.05, 0) is 18.4 Å². The van der Waals surface area contributed by atoms with Crippen LogP contribution in [0.4, 0.5) is 5.69 Å². The molecule has 25 heavy (non-hydrogen) atoms. The number of unbranched alkanes of at least 4 members (excludes halogenated alkanes) is 3. The molecule has 1 aromatic heterocycles. The summed E-state index contributed by atoms with van der Waals surface area (Å²) in [5.74, 6) is -0.250. The summed E-state index contributed by atoms with van der Waals surface area (Å²) in [6.45, 7) is 1.96. The van der Waals surface area contributed by atoms with Crippen molar-refractivity contribution in [2.24, 2.45) is 0 Å². The van der Waals surface area contributed by atoms with Gasteiger partial charge < -0.3 is 4.57 Å². The van der Waals surface area contributed by atoms with Crippen molar-refractivity contribution < 1.29 is 9.72 Å². The first-order chi connectivity index (χ1) is 12.0. The summed E-state index contributed by atoms with van der Waals surface area (Å²) in [7, 11) is 0. The highest BCUT2D eigenvalue weighted by atomic mass is 16.6. The zero-order valence-corrected chi connectivity index (χ0v) is 14.3. The SMILES string of the molecule is CCCCCCc1ccc(C(=O)Cn2cc([N+](=O)[O-])ccc2=O)cc1. The summed E-state index contributed by atoms with van der Waals surface area (Å²) in [4.78, 5) is 34.3. The van der Waals surface area contributed by atoms with Gasteiger partial charge in [0.15, 0.2) is 5.78 Å². The number of Topliss-reactive ketones (excluding diaryl/α,β-unsaturated/α-hetero) is 1. The molecule has 0 unspecified atom stereocenters. The topological polar surface area (TPSA) is 82.2 Å². The van der Waals surface area contributed by atoms with Gasteiger partial charge in [-0.3, -0.25) is 19.7 Å². The van der Waals surface area contributed by atoms with Crippen molar-refractivity contribution in [1.29, 1.82) is 0 Å². The fraction of sp³-hybridized carbons (Fsp3) is 0.368.